The molecule has 0 bridgehead atoms. The zero-order valence-electron chi connectivity index (χ0n) is 11.6. The SMILES string of the molecule is CCOc1c(-c2nnc(C(Br)CC)s2)cccc1[N+](=O)[O-]. The van der Waals surface area contributed by atoms with Crippen LogP contribution in [0, 0.1) is 10.1 Å². The van der Waals surface area contributed by atoms with Crippen LogP contribution in [0.25, 0.3) is 10.6 Å². The number of halogens is 1. The smallest absolute Gasteiger partial charge is 0.311 e. The number of hydrogen-bond donors (Lipinski definition) is 0. The Bertz CT molecular complexity index is 647. The Morgan fingerprint density at radius 2 is 2.19 bits per heavy atom. The summed E-state index contributed by atoms with van der Waals surface area (Å²) < 4.78 is 5.47. The van der Waals surface area contributed by atoms with E-state index in [1.165, 1.54) is 17.4 Å². The highest BCUT2D eigenvalue weighted by molar-refractivity contribution is 9.09. The Balaban J connectivity index is 2.50. The second kappa shape index (κ2) is 6.95. The summed E-state index contributed by atoms with van der Waals surface area (Å²) in [6.45, 7) is 4.18. The van der Waals surface area contributed by atoms with Gasteiger partial charge in [-0.05, 0) is 19.4 Å². The van der Waals surface area contributed by atoms with E-state index in [9.17, 15) is 10.1 Å². The molecule has 1 atom stereocenters. The second-order valence-electron chi connectivity index (χ2n) is 4.17. The van der Waals surface area contributed by atoms with Gasteiger partial charge in [0.05, 0.1) is 21.9 Å². The van der Waals surface area contributed by atoms with Crippen LogP contribution in [0.1, 0.15) is 30.1 Å². The van der Waals surface area contributed by atoms with Crippen LogP contribution < -0.4 is 4.74 Å². The first-order chi connectivity index (χ1) is 10.1. The van der Waals surface area contributed by atoms with E-state index >= 15 is 0 Å². The van der Waals surface area contributed by atoms with Crippen molar-refractivity contribution in [2.75, 3.05) is 6.61 Å². The zero-order valence-corrected chi connectivity index (χ0v) is 14.0. The first kappa shape index (κ1) is 15.8. The third-order valence-electron chi connectivity index (χ3n) is 2.78. The first-order valence-corrected chi connectivity index (χ1v) is 8.19. The maximum Gasteiger partial charge on any atom is 0.311 e. The highest BCUT2D eigenvalue weighted by Crippen LogP contribution is 2.40. The summed E-state index contributed by atoms with van der Waals surface area (Å²) in [7, 11) is 0. The monoisotopic (exact) mass is 371 g/mol. The highest BCUT2D eigenvalue weighted by Gasteiger charge is 2.23. The number of rotatable bonds is 6. The Labute approximate surface area is 134 Å². The van der Waals surface area contributed by atoms with Crippen molar-refractivity contribution < 1.29 is 9.66 Å². The van der Waals surface area contributed by atoms with E-state index in [-0.39, 0.29) is 16.3 Å². The molecule has 112 valence electrons. The van der Waals surface area contributed by atoms with Crippen molar-refractivity contribution in [2.45, 2.75) is 25.1 Å². The molecule has 0 fully saturated rings. The average Bonchev–Trinajstić information content (AvgIpc) is 2.96. The highest BCUT2D eigenvalue weighted by atomic mass is 79.9. The number of nitro groups is 1. The molecule has 0 saturated carbocycles. The van der Waals surface area contributed by atoms with Crippen LogP contribution in [0.15, 0.2) is 18.2 Å². The van der Waals surface area contributed by atoms with E-state index in [1.807, 2.05) is 6.92 Å². The van der Waals surface area contributed by atoms with Crippen molar-refractivity contribution in [3.63, 3.8) is 0 Å². The van der Waals surface area contributed by atoms with Crippen LogP contribution in [0.2, 0.25) is 0 Å². The number of nitro benzene ring substituents is 1. The Morgan fingerprint density at radius 1 is 1.43 bits per heavy atom. The fourth-order valence-electron chi connectivity index (χ4n) is 1.78. The fraction of sp³-hybridized carbons (Fsp3) is 0.385. The predicted molar refractivity (Wildman–Crippen MR) is 85.1 cm³/mol. The lowest BCUT2D eigenvalue weighted by Gasteiger charge is -2.08. The molecule has 0 aliphatic rings. The molecule has 0 N–H and O–H groups in total. The van der Waals surface area contributed by atoms with Gasteiger partial charge in [-0.2, -0.15) is 0 Å². The molecule has 1 heterocycles. The number of hydrogen-bond acceptors (Lipinski definition) is 6. The van der Waals surface area contributed by atoms with Crippen molar-refractivity contribution in [3.8, 4) is 16.3 Å². The van der Waals surface area contributed by atoms with Gasteiger partial charge in [-0.25, -0.2) is 0 Å². The summed E-state index contributed by atoms with van der Waals surface area (Å²) in [6, 6.07) is 4.82. The molecule has 6 nitrogen and oxygen atoms in total. The molecule has 0 radical (unpaired) electrons. The minimum Gasteiger partial charge on any atom is -0.487 e. The van der Waals surface area contributed by atoms with Gasteiger partial charge < -0.3 is 4.74 Å². The number of alkyl halides is 1. The van der Waals surface area contributed by atoms with Crippen LogP contribution in [-0.2, 0) is 0 Å². The average molecular weight is 372 g/mol. The minimum atomic E-state index is -0.449. The summed E-state index contributed by atoms with van der Waals surface area (Å²) in [6.07, 6.45) is 0.891. The molecular formula is C13H14BrN3O3S. The van der Waals surface area contributed by atoms with Gasteiger partial charge in [0.15, 0.2) is 5.01 Å². The van der Waals surface area contributed by atoms with E-state index < -0.39 is 4.92 Å². The number of para-hydroxylation sites is 1. The quantitative estimate of drug-likeness (QED) is 0.428. The second-order valence-corrected chi connectivity index (χ2v) is 6.28. The molecule has 0 aliphatic heterocycles. The normalized spacial score (nSPS) is 12.1. The summed E-state index contributed by atoms with van der Waals surface area (Å²) in [5.41, 5.74) is 0.544. The standard InChI is InChI=1S/C13H14BrN3O3S/c1-3-9(14)13-16-15-12(21-13)8-6-5-7-10(17(18)19)11(8)20-4-2/h5-7,9H,3-4H2,1-2H3. The van der Waals surface area contributed by atoms with Crippen molar-refractivity contribution >= 4 is 33.0 Å². The molecule has 1 aromatic carbocycles. The maximum atomic E-state index is 11.1. The largest absolute Gasteiger partial charge is 0.487 e. The van der Waals surface area contributed by atoms with E-state index in [1.54, 1.807) is 19.1 Å². The van der Waals surface area contributed by atoms with Crippen molar-refractivity contribution in [2.24, 2.45) is 0 Å². The Kier molecular flexibility index (Phi) is 5.24. The maximum absolute atomic E-state index is 11.1. The Morgan fingerprint density at radius 3 is 2.81 bits per heavy atom. The van der Waals surface area contributed by atoms with E-state index in [2.05, 4.69) is 26.1 Å². The molecule has 1 aromatic heterocycles. The molecule has 21 heavy (non-hydrogen) atoms. The van der Waals surface area contributed by atoms with Crippen molar-refractivity contribution in [1.29, 1.82) is 0 Å². The van der Waals surface area contributed by atoms with Crippen LogP contribution in [0.3, 0.4) is 0 Å². The third-order valence-corrected chi connectivity index (χ3v) is 5.23. The summed E-state index contributed by atoms with van der Waals surface area (Å²) >= 11 is 4.93. The van der Waals surface area contributed by atoms with E-state index in [0.29, 0.717) is 17.2 Å². The lowest BCUT2D eigenvalue weighted by atomic mass is 10.2. The van der Waals surface area contributed by atoms with Crippen LogP contribution >= 0.6 is 27.3 Å². The van der Waals surface area contributed by atoms with Gasteiger partial charge >= 0.3 is 5.69 Å². The number of nitrogens with zero attached hydrogens (tertiary/aromatic N) is 3. The summed E-state index contributed by atoms with van der Waals surface area (Å²) in [5.74, 6) is 0.246. The predicted octanol–water partition coefficient (Wildman–Crippen LogP) is 4.36. The van der Waals surface area contributed by atoms with Gasteiger partial charge in [-0.15, -0.1) is 10.2 Å². The van der Waals surface area contributed by atoms with Gasteiger partial charge in [0.1, 0.15) is 5.01 Å². The Hall–Kier alpha value is -1.54. The van der Waals surface area contributed by atoms with Gasteiger partial charge in [-0.3, -0.25) is 10.1 Å². The van der Waals surface area contributed by atoms with Crippen LogP contribution in [0.5, 0.6) is 5.75 Å². The number of aromatic nitrogens is 2. The molecule has 2 rings (SSSR count). The number of ether oxygens (including phenoxy) is 1. The topological polar surface area (TPSA) is 78.2 Å². The van der Waals surface area contributed by atoms with Crippen LogP contribution in [0.4, 0.5) is 5.69 Å². The zero-order chi connectivity index (χ0) is 15.4. The lowest BCUT2D eigenvalue weighted by Crippen LogP contribution is -1.99. The molecule has 2 aromatic rings. The molecule has 0 amide bonds. The molecular weight excluding hydrogens is 358 g/mol. The van der Waals surface area contributed by atoms with E-state index in [4.69, 9.17) is 4.74 Å². The van der Waals surface area contributed by atoms with Crippen LogP contribution in [-0.4, -0.2) is 21.7 Å². The van der Waals surface area contributed by atoms with Gasteiger partial charge in [-0.1, -0.05) is 40.3 Å². The van der Waals surface area contributed by atoms with Gasteiger partial charge in [0.25, 0.3) is 0 Å². The fourth-order valence-corrected chi connectivity index (χ4v) is 3.08. The molecule has 1 unspecified atom stereocenters. The third kappa shape index (κ3) is 3.38. The molecule has 0 spiro atoms. The van der Waals surface area contributed by atoms with Crippen molar-refractivity contribution in [1.82, 2.24) is 10.2 Å². The summed E-state index contributed by atoms with van der Waals surface area (Å²) in [5, 5.41) is 20.9. The van der Waals surface area contributed by atoms with Crippen molar-refractivity contribution in [3.05, 3.63) is 33.3 Å². The van der Waals surface area contributed by atoms with E-state index in [0.717, 1.165) is 11.4 Å². The molecule has 0 aliphatic carbocycles. The van der Waals surface area contributed by atoms with Gasteiger partial charge in [0, 0.05) is 6.07 Å². The lowest BCUT2D eigenvalue weighted by molar-refractivity contribution is -0.385. The molecule has 8 heteroatoms. The first-order valence-electron chi connectivity index (χ1n) is 6.46. The number of benzene rings is 1. The molecule has 0 saturated heterocycles. The minimum absolute atomic E-state index is 0.0583. The van der Waals surface area contributed by atoms with Gasteiger partial charge in [0.2, 0.25) is 5.75 Å². The summed E-state index contributed by atoms with van der Waals surface area (Å²) in [4.78, 5) is 10.8.